The Labute approximate surface area is 110 Å². The molecule has 2 saturated carbocycles. The van der Waals surface area contributed by atoms with Crippen molar-refractivity contribution < 1.29 is 4.42 Å². The van der Waals surface area contributed by atoms with Gasteiger partial charge >= 0.3 is 0 Å². The lowest BCUT2D eigenvalue weighted by Crippen LogP contribution is -2.37. The van der Waals surface area contributed by atoms with Gasteiger partial charge in [0.15, 0.2) is 0 Å². The molecule has 3 nitrogen and oxygen atoms in total. The molecule has 0 saturated heterocycles. The van der Waals surface area contributed by atoms with E-state index in [4.69, 9.17) is 4.42 Å². The van der Waals surface area contributed by atoms with Crippen LogP contribution in [0.15, 0.2) is 22.8 Å². The molecule has 2 aliphatic carbocycles. The van der Waals surface area contributed by atoms with Gasteiger partial charge in [-0.1, -0.05) is 0 Å². The van der Waals surface area contributed by atoms with E-state index in [0.717, 1.165) is 37.4 Å². The number of nitrogens with one attached hydrogen (secondary N) is 1. The molecule has 0 aromatic carbocycles. The predicted octanol–water partition coefficient (Wildman–Crippen LogP) is 2.63. The van der Waals surface area contributed by atoms with Crippen LogP contribution in [0, 0.1) is 5.92 Å². The van der Waals surface area contributed by atoms with Gasteiger partial charge in [-0.3, -0.25) is 4.90 Å². The first-order valence-electron chi connectivity index (χ1n) is 7.33. The molecule has 0 bridgehead atoms. The zero-order valence-corrected chi connectivity index (χ0v) is 11.3. The Morgan fingerprint density at radius 3 is 2.83 bits per heavy atom. The second kappa shape index (κ2) is 5.45. The van der Waals surface area contributed by atoms with Crippen molar-refractivity contribution in [3.8, 4) is 0 Å². The van der Waals surface area contributed by atoms with E-state index < -0.39 is 0 Å². The van der Waals surface area contributed by atoms with E-state index in [1.165, 1.54) is 25.7 Å². The monoisotopic (exact) mass is 248 g/mol. The molecule has 18 heavy (non-hydrogen) atoms. The van der Waals surface area contributed by atoms with Crippen molar-refractivity contribution in [1.82, 2.24) is 10.2 Å². The standard InChI is InChI=1S/C15H24N2O/c1-12(13-4-5-13)16-8-9-17(14-6-7-14)11-15-3-2-10-18-15/h2-3,10,12-14,16H,4-9,11H2,1H3. The largest absolute Gasteiger partial charge is 0.468 e. The Hall–Kier alpha value is -0.800. The Morgan fingerprint density at radius 1 is 1.39 bits per heavy atom. The molecule has 2 fully saturated rings. The number of rotatable bonds is 8. The fourth-order valence-corrected chi connectivity index (χ4v) is 2.63. The molecule has 3 heteroatoms. The van der Waals surface area contributed by atoms with Crippen molar-refractivity contribution in [2.24, 2.45) is 5.92 Å². The number of hydrogen-bond donors (Lipinski definition) is 1. The molecule has 100 valence electrons. The van der Waals surface area contributed by atoms with Gasteiger partial charge in [0.1, 0.15) is 5.76 Å². The topological polar surface area (TPSA) is 28.4 Å². The van der Waals surface area contributed by atoms with Gasteiger partial charge < -0.3 is 9.73 Å². The molecule has 1 N–H and O–H groups in total. The van der Waals surface area contributed by atoms with Crippen molar-refractivity contribution in [1.29, 1.82) is 0 Å². The summed E-state index contributed by atoms with van der Waals surface area (Å²) in [7, 11) is 0. The van der Waals surface area contributed by atoms with Gasteiger partial charge in [-0.25, -0.2) is 0 Å². The lowest BCUT2D eigenvalue weighted by molar-refractivity contribution is 0.230. The number of furan rings is 1. The molecule has 1 heterocycles. The highest BCUT2D eigenvalue weighted by Gasteiger charge is 2.30. The van der Waals surface area contributed by atoms with Gasteiger partial charge in [0.2, 0.25) is 0 Å². The summed E-state index contributed by atoms with van der Waals surface area (Å²) in [5.41, 5.74) is 0. The maximum Gasteiger partial charge on any atom is 0.117 e. The Bertz CT molecular complexity index is 355. The minimum Gasteiger partial charge on any atom is -0.468 e. The molecule has 3 rings (SSSR count). The second-order valence-corrected chi connectivity index (χ2v) is 5.86. The zero-order valence-electron chi connectivity index (χ0n) is 11.3. The minimum absolute atomic E-state index is 0.703. The molecule has 1 aromatic heterocycles. The fraction of sp³-hybridized carbons (Fsp3) is 0.733. The van der Waals surface area contributed by atoms with Crippen molar-refractivity contribution >= 4 is 0 Å². The maximum atomic E-state index is 5.46. The van der Waals surface area contributed by atoms with Gasteiger partial charge in [-0.2, -0.15) is 0 Å². The van der Waals surface area contributed by atoms with E-state index >= 15 is 0 Å². The maximum absolute atomic E-state index is 5.46. The summed E-state index contributed by atoms with van der Waals surface area (Å²) in [5.74, 6) is 2.04. The summed E-state index contributed by atoms with van der Waals surface area (Å²) in [6, 6.07) is 5.56. The van der Waals surface area contributed by atoms with E-state index in [1.54, 1.807) is 6.26 Å². The van der Waals surface area contributed by atoms with Crippen LogP contribution in [-0.2, 0) is 6.54 Å². The molecule has 0 amide bonds. The Morgan fingerprint density at radius 2 is 2.22 bits per heavy atom. The van der Waals surface area contributed by atoms with Gasteiger partial charge in [0, 0.05) is 25.2 Å². The average molecular weight is 248 g/mol. The molecular weight excluding hydrogens is 224 g/mol. The van der Waals surface area contributed by atoms with E-state index in [1.807, 2.05) is 6.07 Å². The van der Waals surface area contributed by atoms with Crippen LogP contribution in [0.25, 0.3) is 0 Å². The van der Waals surface area contributed by atoms with Gasteiger partial charge in [-0.05, 0) is 50.7 Å². The quantitative estimate of drug-likeness (QED) is 0.766. The highest BCUT2D eigenvalue weighted by Crippen LogP contribution is 2.32. The summed E-state index contributed by atoms with van der Waals surface area (Å²) < 4.78 is 5.46. The van der Waals surface area contributed by atoms with E-state index in [9.17, 15) is 0 Å². The predicted molar refractivity (Wildman–Crippen MR) is 72.3 cm³/mol. The van der Waals surface area contributed by atoms with Gasteiger partial charge in [-0.15, -0.1) is 0 Å². The average Bonchev–Trinajstić information content (AvgIpc) is 3.27. The lowest BCUT2D eigenvalue weighted by atomic mass is 10.2. The molecule has 1 atom stereocenters. The Balaban J connectivity index is 1.42. The van der Waals surface area contributed by atoms with Crippen molar-refractivity contribution in [3.63, 3.8) is 0 Å². The fourth-order valence-electron chi connectivity index (χ4n) is 2.63. The van der Waals surface area contributed by atoms with Crippen LogP contribution in [0.5, 0.6) is 0 Å². The first-order chi connectivity index (χ1) is 8.83. The third-order valence-corrected chi connectivity index (χ3v) is 4.20. The third-order valence-electron chi connectivity index (χ3n) is 4.20. The minimum atomic E-state index is 0.703. The first kappa shape index (κ1) is 12.2. The highest BCUT2D eigenvalue weighted by atomic mass is 16.3. The molecule has 0 radical (unpaired) electrons. The molecule has 0 aliphatic heterocycles. The molecular formula is C15H24N2O. The summed E-state index contributed by atoms with van der Waals surface area (Å²) in [6.45, 7) is 5.54. The van der Waals surface area contributed by atoms with Crippen molar-refractivity contribution in [2.45, 2.75) is 51.2 Å². The number of nitrogens with zero attached hydrogens (tertiary/aromatic N) is 1. The normalized spacial score (nSPS) is 21.4. The van der Waals surface area contributed by atoms with E-state index in [-0.39, 0.29) is 0 Å². The van der Waals surface area contributed by atoms with Crippen LogP contribution >= 0.6 is 0 Å². The van der Waals surface area contributed by atoms with Gasteiger partial charge in [0.25, 0.3) is 0 Å². The van der Waals surface area contributed by atoms with E-state index in [0.29, 0.717) is 6.04 Å². The van der Waals surface area contributed by atoms with Crippen molar-refractivity contribution in [2.75, 3.05) is 13.1 Å². The van der Waals surface area contributed by atoms with Crippen LogP contribution in [0.1, 0.15) is 38.4 Å². The van der Waals surface area contributed by atoms with Crippen LogP contribution in [0.2, 0.25) is 0 Å². The van der Waals surface area contributed by atoms with E-state index in [2.05, 4.69) is 23.2 Å². The molecule has 1 unspecified atom stereocenters. The number of hydrogen-bond acceptors (Lipinski definition) is 3. The molecule has 1 aromatic rings. The first-order valence-corrected chi connectivity index (χ1v) is 7.33. The molecule has 0 spiro atoms. The highest BCUT2D eigenvalue weighted by molar-refractivity contribution is 4.99. The lowest BCUT2D eigenvalue weighted by Gasteiger charge is -2.22. The SMILES string of the molecule is CC(NCCN(Cc1ccco1)C1CC1)C1CC1. The van der Waals surface area contributed by atoms with Crippen molar-refractivity contribution in [3.05, 3.63) is 24.2 Å². The van der Waals surface area contributed by atoms with Crippen LogP contribution in [-0.4, -0.2) is 30.1 Å². The van der Waals surface area contributed by atoms with Crippen LogP contribution in [0.3, 0.4) is 0 Å². The summed E-state index contributed by atoms with van der Waals surface area (Å²) in [6.07, 6.45) is 7.34. The van der Waals surface area contributed by atoms with Crippen LogP contribution in [0.4, 0.5) is 0 Å². The summed E-state index contributed by atoms with van der Waals surface area (Å²) in [5, 5.41) is 3.67. The Kier molecular flexibility index (Phi) is 3.71. The summed E-state index contributed by atoms with van der Waals surface area (Å²) >= 11 is 0. The second-order valence-electron chi connectivity index (χ2n) is 5.86. The van der Waals surface area contributed by atoms with Gasteiger partial charge in [0.05, 0.1) is 12.8 Å². The molecule has 2 aliphatic rings. The third kappa shape index (κ3) is 3.36. The van der Waals surface area contributed by atoms with Crippen LogP contribution < -0.4 is 5.32 Å². The smallest absolute Gasteiger partial charge is 0.117 e. The summed E-state index contributed by atoms with van der Waals surface area (Å²) in [4.78, 5) is 2.56. The zero-order chi connectivity index (χ0) is 12.4.